The van der Waals surface area contributed by atoms with Gasteiger partial charge in [0.05, 0.1) is 10.8 Å². The number of benzene rings is 2. The predicted molar refractivity (Wildman–Crippen MR) is 162 cm³/mol. The number of nitrogens with zero attached hydrogens (tertiary/aromatic N) is 1. The van der Waals surface area contributed by atoms with Gasteiger partial charge in [0.2, 0.25) is 5.91 Å². The highest BCUT2D eigenvalue weighted by Gasteiger charge is 2.56. The minimum Gasteiger partial charge on any atom is -0.350 e. The van der Waals surface area contributed by atoms with Gasteiger partial charge in [-0.3, -0.25) is 25.1 Å². The normalized spacial score (nSPS) is 17.7. The highest BCUT2D eigenvalue weighted by molar-refractivity contribution is 7.93. The number of carbonyl (C=O) groups is 2. The van der Waals surface area contributed by atoms with E-state index in [4.69, 9.17) is 9.57 Å². The van der Waals surface area contributed by atoms with Crippen LogP contribution in [0.2, 0.25) is 0 Å². The van der Waals surface area contributed by atoms with E-state index >= 15 is 0 Å². The Kier molecular flexibility index (Phi) is 12.4. The first-order valence-corrected chi connectivity index (χ1v) is 16.1. The van der Waals surface area contributed by atoms with Gasteiger partial charge in [-0.2, -0.15) is 0 Å². The monoisotopic (exact) mass is 616 g/mol. The van der Waals surface area contributed by atoms with Crippen molar-refractivity contribution in [1.29, 1.82) is 0 Å². The Labute approximate surface area is 252 Å². The lowest BCUT2D eigenvalue weighted by Crippen LogP contribution is -2.63. The summed E-state index contributed by atoms with van der Waals surface area (Å²) in [6, 6.07) is 15.0. The average Bonchev–Trinajstić information content (AvgIpc) is 2.97. The molecule has 2 aromatic rings. The lowest BCUT2D eigenvalue weighted by molar-refractivity contribution is -0.384. The molecular formula is C30H40N4O8S. The van der Waals surface area contributed by atoms with Crippen LogP contribution in [-0.4, -0.2) is 49.1 Å². The quantitative estimate of drug-likeness (QED) is 0.199. The molecule has 234 valence electrons. The summed E-state index contributed by atoms with van der Waals surface area (Å²) in [6.07, 6.45) is 5.79. The molecule has 0 aromatic heterocycles. The van der Waals surface area contributed by atoms with Crippen LogP contribution >= 0.6 is 0 Å². The molecule has 1 aliphatic heterocycles. The zero-order valence-corrected chi connectivity index (χ0v) is 25.5. The number of hydrogen-bond acceptors (Lipinski definition) is 9. The minimum absolute atomic E-state index is 0.0537. The van der Waals surface area contributed by atoms with Crippen LogP contribution in [0.4, 0.5) is 5.69 Å². The van der Waals surface area contributed by atoms with Crippen LogP contribution in [0.15, 0.2) is 60.7 Å². The molecule has 0 saturated carbocycles. The number of nitro groups is 1. The Bertz CT molecular complexity index is 1360. The van der Waals surface area contributed by atoms with Gasteiger partial charge in [0.1, 0.15) is 0 Å². The van der Waals surface area contributed by atoms with Gasteiger partial charge in [0.15, 0.2) is 20.9 Å². The second-order valence-electron chi connectivity index (χ2n) is 11.0. The van der Waals surface area contributed by atoms with E-state index in [0.29, 0.717) is 18.6 Å². The molecule has 3 atom stereocenters. The van der Waals surface area contributed by atoms with Crippen molar-refractivity contribution in [3.8, 4) is 0 Å². The van der Waals surface area contributed by atoms with E-state index in [2.05, 4.69) is 16.3 Å². The number of rotatable bonds is 15. The van der Waals surface area contributed by atoms with Crippen molar-refractivity contribution in [2.75, 3.05) is 12.9 Å². The zero-order chi connectivity index (χ0) is 31.5. The molecule has 0 bridgehead atoms. The van der Waals surface area contributed by atoms with E-state index in [1.807, 2.05) is 30.3 Å². The number of amides is 2. The lowest BCUT2D eigenvalue weighted by Gasteiger charge is -2.38. The first-order chi connectivity index (χ1) is 20.4. The SMILES string of the molecule is CC(C)C[C@](C(=O)NNCc1ccc([N+](=O)[O-])cc1)([C@@H](CC=Cc1ccccc1)C(=O)NOC1CCCCO1)S(C)(=O)=O. The summed E-state index contributed by atoms with van der Waals surface area (Å²) in [7, 11) is -4.22. The molecule has 1 heterocycles. The molecule has 1 fully saturated rings. The number of sulfone groups is 1. The Hall–Kier alpha value is -3.65. The fraction of sp³-hybridized carbons (Fsp3) is 0.467. The van der Waals surface area contributed by atoms with Crippen molar-refractivity contribution in [3.63, 3.8) is 0 Å². The fourth-order valence-electron chi connectivity index (χ4n) is 5.06. The minimum atomic E-state index is -4.22. The Balaban J connectivity index is 1.91. The van der Waals surface area contributed by atoms with Crippen LogP contribution in [0.3, 0.4) is 0 Å². The molecule has 13 heteroatoms. The van der Waals surface area contributed by atoms with Crippen molar-refractivity contribution >= 4 is 33.4 Å². The van der Waals surface area contributed by atoms with Crippen LogP contribution in [0.5, 0.6) is 0 Å². The Morgan fingerprint density at radius 3 is 2.42 bits per heavy atom. The second kappa shape index (κ2) is 15.7. The molecule has 12 nitrogen and oxygen atoms in total. The van der Waals surface area contributed by atoms with Crippen molar-refractivity contribution in [2.45, 2.75) is 63.5 Å². The molecule has 2 aromatic carbocycles. The molecule has 3 N–H and O–H groups in total. The molecule has 43 heavy (non-hydrogen) atoms. The molecule has 0 spiro atoms. The summed E-state index contributed by atoms with van der Waals surface area (Å²) in [5.41, 5.74) is 8.98. The van der Waals surface area contributed by atoms with E-state index in [0.717, 1.165) is 24.7 Å². The molecule has 1 aliphatic rings. The van der Waals surface area contributed by atoms with Gasteiger partial charge >= 0.3 is 0 Å². The highest BCUT2D eigenvalue weighted by Crippen LogP contribution is 2.37. The molecule has 1 saturated heterocycles. The van der Waals surface area contributed by atoms with Crippen LogP contribution in [0, 0.1) is 22.0 Å². The number of hydroxylamine groups is 1. The third-order valence-electron chi connectivity index (χ3n) is 7.19. The first-order valence-electron chi connectivity index (χ1n) is 14.2. The summed E-state index contributed by atoms with van der Waals surface area (Å²) in [6.45, 7) is 4.09. The van der Waals surface area contributed by atoms with Crippen LogP contribution in [0.25, 0.3) is 6.08 Å². The van der Waals surface area contributed by atoms with Gasteiger partial charge in [0.25, 0.3) is 11.6 Å². The number of nitrogens with one attached hydrogen (secondary N) is 3. The maximum atomic E-state index is 14.0. The number of non-ortho nitro benzene ring substituents is 1. The van der Waals surface area contributed by atoms with E-state index in [-0.39, 0.29) is 31.0 Å². The van der Waals surface area contributed by atoms with E-state index < -0.39 is 43.5 Å². The second-order valence-corrected chi connectivity index (χ2v) is 13.2. The zero-order valence-electron chi connectivity index (χ0n) is 24.7. The standard InChI is InChI=1S/C30H40N4O8S/c1-22(2)20-30(43(3,39)40,29(36)32-31-21-24-15-17-25(18-16-24)34(37)38)26(13-9-12-23-10-5-4-6-11-23)28(35)33-42-27-14-7-8-19-41-27/h4-6,9-12,15-18,22,26-27,31H,7-8,13-14,19-21H2,1-3H3,(H,32,36)(H,33,35)/t26-,27?,30+/m0/s1. The maximum Gasteiger partial charge on any atom is 0.269 e. The van der Waals surface area contributed by atoms with Gasteiger partial charge in [-0.25, -0.2) is 24.2 Å². The molecule has 0 aliphatic carbocycles. The summed E-state index contributed by atoms with van der Waals surface area (Å²) in [4.78, 5) is 43.6. The summed E-state index contributed by atoms with van der Waals surface area (Å²) in [5.74, 6) is -3.31. The molecular weight excluding hydrogens is 576 g/mol. The third kappa shape index (κ3) is 9.42. The molecule has 0 radical (unpaired) electrons. The number of ether oxygens (including phenoxy) is 1. The number of hydrazine groups is 1. The summed E-state index contributed by atoms with van der Waals surface area (Å²) < 4.78 is 30.6. The van der Waals surface area contributed by atoms with Gasteiger partial charge in [-0.15, -0.1) is 0 Å². The number of carbonyl (C=O) groups excluding carboxylic acids is 2. The smallest absolute Gasteiger partial charge is 0.269 e. The predicted octanol–water partition coefficient (Wildman–Crippen LogP) is 3.84. The van der Waals surface area contributed by atoms with Crippen molar-refractivity contribution in [1.82, 2.24) is 16.3 Å². The van der Waals surface area contributed by atoms with Gasteiger partial charge < -0.3 is 4.74 Å². The van der Waals surface area contributed by atoms with Crippen LogP contribution in [-0.2, 0) is 35.5 Å². The van der Waals surface area contributed by atoms with Crippen LogP contribution < -0.4 is 16.3 Å². The number of allylic oxidation sites excluding steroid dienone is 1. The van der Waals surface area contributed by atoms with E-state index in [1.165, 1.54) is 24.3 Å². The van der Waals surface area contributed by atoms with E-state index in [1.54, 1.807) is 26.0 Å². The Morgan fingerprint density at radius 2 is 1.84 bits per heavy atom. The largest absolute Gasteiger partial charge is 0.350 e. The van der Waals surface area contributed by atoms with Crippen molar-refractivity contribution < 1.29 is 32.5 Å². The van der Waals surface area contributed by atoms with Gasteiger partial charge in [-0.05, 0) is 42.7 Å². The van der Waals surface area contributed by atoms with Crippen molar-refractivity contribution in [2.24, 2.45) is 11.8 Å². The van der Waals surface area contributed by atoms with Gasteiger partial charge in [-0.1, -0.05) is 68.5 Å². The van der Waals surface area contributed by atoms with Crippen molar-refractivity contribution in [3.05, 3.63) is 81.9 Å². The van der Waals surface area contributed by atoms with Gasteiger partial charge in [0, 0.05) is 38.0 Å². The molecule has 1 unspecified atom stereocenters. The summed E-state index contributed by atoms with van der Waals surface area (Å²) >= 11 is 0. The average molecular weight is 617 g/mol. The number of nitro benzene ring substituents is 1. The highest BCUT2D eigenvalue weighted by atomic mass is 32.2. The molecule has 2 amide bonds. The molecule has 3 rings (SSSR count). The fourth-order valence-corrected chi connectivity index (χ4v) is 6.80. The van der Waals surface area contributed by atoms with Crippen LogP contribution in [0.1, 0.15) is 57.1 Å². The number of hydrogen-bond donors (Lipinski definition) is 3. The lowest BCUT2D eigenvalue weighted by atomic mass is 9.81. The topological polar surface area (TPSA) is 166 Å². The maximum absolute atomic E-state index is 14.0. The first kappa shape index (κ1) is 33.8. The van der Waals surface area contributed by atoms with E-state index in [9.17, 15) is 28.1 Å². The summed E-state index contributed by atoms with van der Waals surface area (Å²) in [5, 5.41) is 10.9. The third-order valence-corrected chi connectivity index (χ3v) is 9.15. The Morgan fingerprint density at radius 1 is 1.14 bits per heavy atom.